The summed E-state index contributed by atoms with van der Waals surface area (Å²) in [7, 11) is 0. The van der Waals surface area contributed by atoms with E-state index in [2.05, 4.69) is 4.98 Å². The molecule has 1 N–H and O–H groups in total. The molecule has 0 atom stereocenters. The number of fused-ring (bicyclic) bond motifs is 1. The van der Waals surface area contributed by atoms with Crippen molar-refractivity contribution in [1.29, 1.82) is 0 Å². The number of benzene rings is 1. The first-order valence-electron chi connectivity index (χ1n) is 6.75. The van der Waals surface area contributed by atoms with Gasteiger partial charge in [0.2, 0.25) is 5.43 Å². The smallest absolute Gasteiger partial charge is 0.343 e. The molecule has 0 spiro atoms. The van der Waals surface area contributed by atoms with Gasteiger partial charge in [0.25, 0.3) is 0 Å². The Labute approximate surface area is 118 Å². The van der Waals surface area contributed by atoms with Crippen LogP contribution < -0.4 is 5.43 Å². The van der Waals surface area contributed by atoms with E-state index < -0.39 is 23.0 Å². The molecule has 21 heavy (non-hydrogen) atoms. The number of ether oxygens (including phenoxy) is 1. The Morgan fingerprint density at radius 1 is 1.38 bits per heavy atom. The standard InChI is InChI=1S/C15H13F2NO3/c1-2-21-15(20)10-12(7-3-4-7)18-13-8(14(10)19)5-6-9(16)11(13)17/h5-7H,2-4H2,1H3,(H,18,19). The maximum Gasteiger partial charge on any atom is 0.343 e. The van der Waals surface area contributed by atoms with E-state index in [1.807, 2.05) is 0 Å². The second kappa shape index (κ2) is 4.95. The topological polar surface area (TPSA) is 59.2 Å². The number of halogens is 2. The van der Waals surface area contributed by atoms with Gasteiger partial charge >= 0.3 is 5.97 Å². The van der Waals surface area contributed by atoms with Crippen molar-refractivity contribution in [3.63, 3.8) is 0 Å². The van der Waals surface area contributed by atoms with Crippen LogP contribution in [0.3, 0.4) is 0 Å². The van der Waals surface area contributed by atoms with E-state index in [4.69, 9.17) is 4.74 Å². The molecule has 6 heteroatoms. The molecule has 2 aromatic rings. The van der Waals surface area contributed by atoms with Gasteiger partial charge in [0.05, 0.1) is 12.1 Å². The summed E-state index contributed by atoms with van der Waals surface area (Å²) in [6.45, 7) is 1.77. The lowest BCUT2D eigenvalue weighted by atomic mass is 10.0. The number of rotatable bonds is 3. The van der Waals surface area contributed by atoms with Gasteiger partial charge in [-0.15, -0.1) is 0 Å². The molecule has 0 aliphatic heterocycles. The third-order valence-corrected chi connectivity index (χ3v) is 3.56. The summed E-state index contributed by atoms with van der Waals surface area (Å²) in [6.07, 6.45) is 1.59. The Balaban J connectivity index is 2.34. The lowest BCUT2D eigenvalue weighted by Crippen LogP contribution is -2.22. The Morgan fingerprint density at radius 2 is 2.10 bits per heavy atom. The molecule has 1 aromatic heterocycles. The number of aromatic amines is 1. The number of carbonyl (C=O) groups is 1. The number of nitrogens with one attached hydrogen (secondary N) is 1. The molecule has 0 radical (unpaired) electrons. The third-order valence-electron chi connectivity index (χ3n) is 3.56. The zero-order valence-corrected chi connectivity index (χ0v) is 11.3. The van der Waals surface area contributed by atoms with Gasteiger partial charge in [0.15, 0.2) is 11.6 Å². The summed E-state index contributed by atoms with van der Waals surface area (Å²) < 4.78 is 32.1. The molecule has 4 nitrogen and oxygen atoms in total. The minimum atomic E-state index is -1.11. The van der Waals surface area contributed by atoms with E-state index in [-0.39, 0.29) is 29.0 Å². The SMILES string of the molecule is CCOC(=O)c1c(C2CC2)[nH]c2c(F)c(F)ccc2c1=O. The Bertz CT molecular complexity index is 794. The van der Waals surface area contributed by atoms with Crippen LogP contribution in [0.5, 0.6) is 0 Å². The molecular weight excluding hydrogens is 280 g/mol. The van der Waals surface area contributed by atoms with Gasteiger partial charge in [0.1, 0.15) is 5.56 Å². The van der Waals surface area contributed by atoms with Crippen molar-refractivity contribution in [3.8, 4) is 0 Å². The van der Waals surface area contributed by atoms with E-state index in [9.17, 15) is 18.4 Å². The highest BCUT2D eigenvalue weighted by Crippen LogP contribution is 2.40. The fourth-order valence-corrected chi connectivity index (χ4v) is 2.40. The highest BCUT2D eigenvalue weighted by Gasteiger charge is 2.32. The zero-order chi connectivity index (χ0) is 15.1. The summed E-state index contributed by atoms with van der Waals surface area (Å²) in [5.74, 6) is -2.89. The van der Waals surface area contributed by atoms with E-state index in [1.165, 1.54) is 6.07 Å². The lowest BCUT2D eigenvalue weighted by Gasteiger charge is -2.10. The molecule has 1 heterocycles. The molecule has 1 aromatic carbocycles. The first-order valence-corrected chi connectivity index (χ1v) is 6.75. The Morgan fingerprint density at radius 3 is 2.71 bits per heavy atom. The van der Waals surface area contributed by atoms with Crippen LogP contribution in [0.1, 0.15) is 41.7 Å². The summed E-state index contributed by atoms with van der Waals surface area (Å²) in [4.78, 5) is 27.2. The van der Waals surface area contributed by atoms with Gasteiger partial charge in [-0.3, -0.25) is 4.79 Å². The fourth-order valence-electron chi connectivity index (χ4n) is 2.40. The van der Waals surface area contributed by atoms with Crippen molar-refractivity contribution in [2.45, 2.75) is 25.7 Å². The molecule has 0 amide bonds. The number of hydrogen-bond donors (Lipinski definition) is 1. The molecule has 0 saturated heterocycles. The molecule has 1 saturated carbocycles. The number of H-pyrrole nitrogens is 1. The van der Waals surface area contributed by atoms with Crippen LogP contribution in [0.4, 0.5) is 8.78 Å². The normalized spacial score (nSPS) is 14.4. The molecule has 1 aliphatic rings. The summed E-state index contributed by atoms with van der Waals surface area (Å²) in [5, 5.41) is -0.0543. The maximum atomic E-state index is 13.9. The van der Waals surface area contributed by atoms with Gasteiger partial charge in [-0.25, -0.2) is 13.6 Å². The van der Waals surface area contributed by atoms with Gasteiger partial charge in [0, 0.05) is 17.0 Å². The van der Waals surface area contributed by atoms with Crippen molar-refractivity contribution >= 4 is 16.9 Å². The van der Waals surface area contributed by atoms with Gasteiger partial charge < -0.3 is 9.72 Å². The van der Waals surface area contributed by atoms with E-state index in [0.717, 1.165) is 18.9 Å². The average molecular weight is 293 g/mol. The summed E-state index contributed by atoms with van der Waals surface area (Å²) in [5.41, 5.74) is -0.578. The van der Waals surface area contributed by atoms with E-state index in [1.54, 1.807) is 6.92 Å². The van der Waals surface area contributed by atoms with Gasteiger partial charge in [-0.2, -0.15) is 0 Å². The number of aromatic nitrogens is 1. The van der Waals surface area contributed by atoms with Crippen molar-refractivity contribution in [2.75, 3.05) is 6.61 Å². The Kier molecular flexibility index (Phi) is 3.23. The van der Waals surface area contributed by atoms with Crippen molar-refractivity contribution in [2.24, 2.45) is 0 Å². The van der Waals surface area contributed by atoms with Gasteiger partial charge in [-0.1, -0.05) is 0 Å². The maximum absolute atomic E-state index is 13.9. The zero-order valence-electron chi connectivity index (χ0n) is 11.3. The molecule has 3 rings (SSSR count). The fraction of sp³-hybridized carbons (Fsp3) is 0.333. The van der Waals surface area contributed by atoms with Crippen molar-refractivity contribution in [3.05, 3.63) is 45.2 Å². The molecule has 1 fully saturated rings. The van der Waals surface area contributed by atoms with Crippen LogP contribution >= 0.6 is 0 Å². The minimum absolute atomic E-state index is 0.0100. The van der Waals surface area contributed by atoms with E-state index >= 15 is 0 Å². The lowest BCUT2D eigenvalue weighted by molar-refractivity contribution is 0.0523. The first kappa shape index (κ1) is 13.7. The predicted octanol–water partition coefficient (Wildman–Crippen LogP) is 2.86. The molecule has 0 bridgehead atoms. The largest absolute Gasteiger partial charge is 0.462 e. The second-order valence-electron chi connectivity index (χ2n) is 5.02. The van der Waals surface area contributed by atoms with Crippen molar-refractivity contribution < 1.29 is 18.3 Å². The third kappa shape index (κ3) is 2.20. The number of hydrogen-bond acceptors (Lipinski definition) is 3. The quantitative estimate of drug-likeness (QED) is 0.885. The minimum Gasteiger partial charge on any atom is -0.462 e. The first-order chi connectivity index (χ1) is 10.0. The highest BCUT2D eigenvalue weighted by molar-refractivity contribution is 5.95. The Hall–Kier alpha value is -2.24. The molecular formula is C15H13F2NO3. The van der Waals surface area contributed by atoms with Gasteiger partial charge in [-0.05, 0) is 31.9 Å². The van der Waals surface area contributed by atoms with E-state index in [0.29, 0.717) is 5.69 Å². The predicted molar refractivity (Wildman–Crippen MR) is 72.4 cm³/mol. The number of carbonyl (C=O) groups excluding carboxylic acids is 1. The van der Waals surface area contributed by atoms with Crippen LogP contribution in [0.15, 0.2) is 16.9 Å². The summed E-state index contributed by atoms with van der Waals surface area (Å²) in [6, 6.07) is 2.05. The highest BCUT2D eigenvalue weighted by atomic mass is 19.2. The average Bonchev–Trinajstić information content (AvgIpc) is 3.27. The molecule has 110 valence electrons. The number of esters is 1. The summed E-state index contributed by atoms with van der Waals surface area (Å²) >= 11 is 0. The van der Waals surface area contributed by atoms with Crippen LogP contribution in [0.25, 0.3) is 10.9 Å². The molecule has 0 unspecified atom stereocenters. The van der Waals surface area contributed by atoms with Crippen LogP contribution in [0.2, 0.25) is 0 Å². The number of pyridine rings is 1. The monoisotopic (exact) mass is 293 g/mol. The second-order valence-corrected chi connectivity index (χ2v) is 5.02. The van der Waals surface area contributed by atoms with Crippen molar-refractivity contribution in [1.82, 2.24) is 4.98 Å². The van der Waals surface area contributed by atoms with Crippen LogP contribution in [-0.2, 0) is 4.74 Å². The van der Waals surface area contributed by atoms with Crippen LogP contribution in [-0.4, -0.2) is 17.6 Å². The molecule has 1 aliphatic carbocycles. The van der Waals surface area contributed by atoms with Crippen LogP contribution in [0, 0.1) is 11.6 Å².